The van der Waals surface area contributed by atoms with Crippen molar-refractivity contribution in [1.82, 2.24) is 5.32 Å². The molecular weight excluding hydrogens is 374 g/mol. The average molecular weight is 395 g/mol. The predicted octanol–water partition coefficient (Wildman–Crippen LogP) is 4.37. The fraction of sp³-hybridized carbons (Fsp3) is 0.136. The third-order valence-electron chi connectivity index (χ3n) is 4.25. The molecular formula is C22H21NO4S. The molecule has 0 aromatic heterocycles. The van der Waals surface area contributed by atoms with Gasteiger partial charge in [0.15, 0.2) is 9.84 Å². The fourth-order valence-electron chi connectivity index (χ4n) is 2.67. The van der Waals surface area contributed by atoms with Crippen molar-refractivity contribution in [3.05, 3.63) is 90.0 Å². The second-order valence-corrected chi connectivity index (χ2v) is 8.49. The molecule has 0 saturated heterocycles. The van der Waals surface area contributed by atoms with Gasteiger partial charge in [-0.1, -0.05) is 30.3 Å². The largest absolute Gasteiger partial charge is 0.457 e. The molecule has 3 aromatic rings. The van der Waals surface area contributed by atoms with E-state index < -0.39 is 9.84 Å². The number of benzene rings is 3. The van der Waals surface area contributed by atoms with Crippen LogP contribution < -0.4 is 10.1 Å². The van der Waals surface area contributed by atoms with E-state index in [0.717, 1.165) is 11.3 Å². The highest BCUT2D eigenvalue weighted by Gasteiger charge is 2.13. The van der Waals surface area contributed by atoms with E-state index in [9.17, 15) is 13.2 Å². The van der Waals surface area contributed by atoms with Crippen LogP contribution in [0.5, 0.6) is 11.5 Å². The lowest BCUT2D eigenvalue weighted by Gasteiger charge is -2.15. The van der Waals surface area contributed by atoms with Crippen LogP contribution in [0, 0.1) is 0 Å². The number of nitrogens with one attached hydrogen (secondary N) is 1. The molecule has 0 bridgehead atoms. The second kappa shape index (κ2) is 8.27. The lowest BCUT2D eigenvalue weighted by molar-refractivity contribution is 0.0940. The van der Waals surface area contributed by atoms with Gasteiger partial charge in [0.1, 0.15) is 11.5 Å². The Balaban J connectivity index is 1.64. The second-order valence-electron chi connectivity index (χ2n) is 6.48. The Bertz CT molecular complexity index is 1040. The third-order valence-corrected chi connectivity index (χ3v) is 5.38. The summed E-state index contributed by atoms with van der Waals surface area (Å²) in [4.78, 5) is 12.7. The zero-order valence-electron chi connectivity index (χ0n) is 15.6. The standard InChI is InChI=1S/C22H21NO4S/c1-16(17-10-14-21(15-11-17)28(2,25)26)23-22(24)18-8-12-20(13-9-18)27-19-6-4-3-5-7-19/h3-16H,1-2H3,(H,23,24). The molecule has 0 aliphatic heterocycles. The highest BCUT2D eigenvalue weighted by molar-refractivity contribution is 7.90. The zero-order chi connectivity index (χ0) is 20.1. The molecule has 1 amide bonds. The van der Waals surface area contributed by atoms with Gasteiger partial charge in [0.05, 0.1) is 10.9 Å². The van der Waals surface area contributed by atoms with Gasteiger partial charge in [-0.2, -0.15) is 0 Å². The Hall–Kier alpha value is -3.12. The van der Waals surface area contributed by atoms with Gasteiger partial charge in [-0.05, 0) is 61.0 Å². The van der Waals surface area contributed by atoms with Crippen LogP contribution in [-0.4, -0.2) is 20.6 Å². The summed E-state index contributed by atoms with van der Waals surface area (Å²) in [5.74, 6) is 1.16. The van der Waals surface area contributed by atoms with E-state index in [2.05, 4.69) is 5.32 Å². The minimum absolute atomic E-state index is 0.217. The normalized spacial score (nSPS) is 12.2. The van der Waals surface area contributed by atoms with Crippen LogP contribution in [0.3, 0.4) is 0 Å². The highest BCUT2D eigenvalue weighted by Crippen LogP contribution is 2.22. The first-order valence-corrected chi connectivity index (χ1v) is 10.7. The molecule has 0 saturated carbocycles. The molecule has 0 radical (unpaired) electrons. The van der Waals surface area contributed by atoms with Crippen molar-refractivity contribution in [2.24, 2.45) is 0 Å². The monoisotopic (exact) mass is 395 g/mol. The predicted molar refractivity (Wildman–Crippen MR) is 108 cm³/mol. The van der Waals surface area contributed by atoms with E-state index in [-0.39, 0.29) is 16.8 Å². The molecule has 3 rings (SSSR count). The molecule has 3 aromatic carbocycles. The van der Waals surface area contributed by atoms with Crippen LogP contribution in [0.1, 0.15) is 28.9 Å². The number of hydrogen-bond acceptors (Lipinski definition) is 4. The van der Waals surface area contributed by atoms with Crippen LogP contribution in [-0.2, 0) is 9.84 Å². The van der Waals surface area contributed by atoms with Gasteiger partial charge in [-0.25, -0.2) is 8.42 Å². The number of para-hydroxylation sites is 1. The van der Waals surface area contributed by atoms with E-state index in [0.29, 0.717) is 11.3 Å². The van der Waals surface area contributed by atoms with E-state index in [1.54, 1.807) is 48.5 Å². The number of carbonyl (C=O) groups excluding carboxylic acids is 1. The molecule has 1 N–H and O–H groups in total. The van der Waals surface area contributed by atoms with Crippen molar-refractivity contribution >= 4 is 15.7 Å². The molecule has 144 valence electrons. The lowest BCUT2D eigenvalue weighted by atomic mass is 10.1. The van der Waals surface area contributed by atoms with Crippen molar-refractivity contribution in [2.75, 3.05) is 6.26 Å². The first kappa shape index (κ1) is 19.6. The van der Waals surface area contributed by atoms with Crippen LogP contribution in [0.2, 0.25) is 0 Å². The zero-order valence-corrected chi connectivity index (χ0v) is 16.4. The van der Waals surface area contributed by atoms with Crippen molar-refractivity contribution in [3.8, 4) is 11.5 Å². The summed E-state index contributed by atoms with van der Waals surface area (Å²) in [7, 11) is -3.24. The van der Waals surface area contributed by atoms with Crippen molar-refractivity contribution < 1.29 is 17.9 Å². The van der Waals surface area contributed by atoms with E-state index in [1.165, 1.54) is 6.26 Å². The Kier molecular flexibility index (Phi) is 5.80. The lowest BCUT2D eigenvalue weighted by Crippen LogP contribution is -2.26. The number of carbonyl (C=O) groups is 1. The molecule has 1 unspecified atom stereocenters. The topological polar surface area (TPSA) is 72.5 Å². The van der Waals surface area contributed by atoms with E-state index in [1.807, 2.05) is 37.3 Å². The van der Waals surface area contributed by atoms with Gasteiger partial charge in [-0.15, -0.1) is 0 Å². The average Bonchev–Trinajstić information content (AvgIpc) is 2.68. The minimum atomic E-state index is -3.24. The molecule has 28 heavy (non-hydrogen) atoms. The summed E-state index contributed by atoms with van der Waals surface area (Å²) in [5, 5.41) is 2.91. The molecule has 1 atom stereocenters. The van der Waals surface area contributed by atoms with Crippen LogP contribution >= 0.6 is 0 Å². The first-order chi connectivity index (χ1) is 13.3. The Labute approximate surface area is 164 Å². The quantitative estimate of drug-likeness (QED) is 0.673. The number of rotatable bonds is 6. The van der Waals surface area contributed by atoms with Gasteiger partial charge < -0.3 is 10.1 Å². The van der Waals surface area contributed by atoms with Gasteiger partial charge in [0, 0.05) is 11.8 Å². The van der Waals surface area contributed by atoms with Crippen LogP contribution in [0.25, 0.3) is 0 Å². The highest BCUT2D eigenvalue weighted by atomic mass is 32.2. The summed E-state index contributed by atoms with van der Waals surface area (Å²) < 4.78 is 28.8. The number of amides is 1. The van der Waals surface area contributed by atoms with Gasteiger partial charge in [0.2, 0.25) is 0 Å². The van der Waals surface area contributed by atoms with Gasteiger partial charge in [0.25, 0.3) is 5.91 Å². The number of hydrogen-bond donors (Lipinski definition) is 1. The fourth-order valence-corrected chi connectivity index (χ4v) is 3.30. The van der Waals surface area contributed by atoms with Crippen molar-refractivity contribution in [2.45, 2.75) is 17.9 Å². The van der Waals surface area contributed by atoms with Crippen LogP contribution in [0.4, 0.5) is 0 Å². The minimum Gasteiger partial charge on any atom is -0.457 e. The SMILES string of the molecule is CC(NC(=O)c1ccc(Oc2ccccc2)cc1)c1ccc(S(C)(=O)=O)cc1. The molecule has 0 spiro atoms. The summed E-state index contributed by atoms with van der Waals surface area (Å²) in [5.41, 5.74) is 1.34. The summed E-state index contributed by atoms with van der Waals surface area (Å²) in [6.45, 7) is 1.85. The molecule has 0 aliphatic rings. The van der Waals surface area contributed by atoms with E-state index >= 15 is 0 Å². The molecule has 0 heterocycles. The van der Waals surface area contributed by atoms with Crippen molar-refractivity contribution in [3.63, 3.8) is 0 Å². The Morgan fingerprint density at radius 2 is 1.43 bits per heavy atom. The number of ether oxygens (including phenoxy) is 1. The maximum absolute atomic E-state index is 12.5. The summed E-state index contributed by atoms with van der Waals surface area (Å²) in [6.07, 6.45) is 1.17. The molecule has 0 fully saturated rings. The summed E-state index contributed by atoms with van der Waals surface area (Å²) >= 11 is 0. The van der Waals surface area contributed by atoms with Gasteiger partial charge >= 0.3 is 0 Å². The first-order valence-electron chi connectivity index (χ1n) is 8.77. The third kappa shape index (κ3) is 4.98. The number of sulfone groups is 1. The smallest absolute Gasteiger partial charge is 0.251 e. The molecule has 5 nitrogen and oxygen atoms in total. The Morgan fingerprint density at radius 3 is 2.00 bits per heavy atom. The van der Waals surface area contributed by atoms with Crippen molar-refractivity contribution in [1.29, 1.82) is 0 Å². The summed E-state index contributed by atoms with van der Waals surface area (Å²) in [6, 6.07) is 22.5. The van der Waals surface area contributed by atoms with Crippen LogP contribution in [0.15, 0.2) is 83.8 Å². The Morgan fingerprint density at radius 1 is 0.857 bits per heavy atom. The molecule has 6 heteroatoms. The maximum atomic E-state index is 12.5. The molecule has 0 aliphatic carbocycles. The van der Waals surface area contributed by atoms with Gasteiger partial charge in [-0.3, -0.25) is 4.79 Å². The van der Waals surface area contributed by atoms with E-state index in [4.69, 9.17) is 4.74 Å². The maximum Gasteiger partial charge on any atom is 0.251 e.